The molecule has 0 amide bonds. The van der Waals surface area contributed by atoms with Crippen LogP contribution in [0.5, 0.6) is 0 Å². The number of hydrogen-bond donors (Lipinski definition) is 0. The summed E-state index contributed by atoms with van der Waals surface area (Å²) in [5.41, 5.74) is 4.65. The summed E-state index contributed by atoms with van der Waals surface area (Å²) in [6, 6.07) is 2.03. The highest BCUT2D eigenvalue weighted by Crippen LogP contribution is 2.59. The molecule has 2 heterocycles. The average Bonchev–Trinajstić information content (AvgIpc) is 3.18. The first-order valence-electron chi connectivity index (χ1n) is 8.33. The molecule has 3 nitrogen and oxygen atoms in total. The van der Waals surface area contributed by atoms with E-state index in [1.54, 1.807) is 6.26 Å². The van der Waals surface area contributed by atoms with Crippen molar-refractivity contribution in [3.63, 3.8) is 0 Å². The maximum absolute atomic E-state index is 12.1. The molecule has 1 aromatic rings. The van der Waals surface area contributed by atoms with Gasteiger partial charge in [-0.15, -0.1) is 0 Å². The third kappa shape index (κ3) is 1.99. The number of esters is 1. The Morgan fingerprint density at radius 3 is 2.91 bits per heavy atom. The van der Waals surface area contributed by atoms with Gasteiger partial charge >= 0.3 is 5.97 Å². The molecule has 1 aromatic heterocycles. The lowest BCUT2D eigenvalue weighted by molar-refractivity contribution is -0.135. The number of hydrogen-bond acceptors (Lipinski definition) is 3. The van der Waals surface area contributed by atoms with Crippen LogP contribution in [-0.4, -0.2) is 12.6 Å². The van der Waals surface area contributed by atoms with Crippen molar-refractivity contribution >= 4 is 5.97 Å². The zero-order valence-electron chi connectivity index (χ0n) is 13.7. The number of carbonyl (C=O) groups excluding carboxylic acids is 1. The fourth-order valence-electron chi connectivity index (χ4n) is 4.49. The van der Waals surface area contributed by atoms with E-state index in [-0.39, 0.29) is 16.8 Å². The molecule has 1 fully saturated rings. The molecule has 0 bridgehead atoms. The Kier molecular flexibility index (Phi) is 3.15. The number of cyclic esters (lactones) is 1. The van der Waals surface area contributed by atoms with Gasteiger partial charge in [0.15, 0.2) is 0 Å². The SMILES string of the molecule is CC1=CC[C@@]23COC(=O)C2=CCC=C3[C@@]1(C)CCc1ccoc1. The van der Waals surface area contributed by atoms with Crippen molar-refractivity contribution in [1.82, 2.24) is 0 Å². The predicted molar refractivity (Wildman–Crippen MR) is 87.7 cm³/mol. The van der Waals surface area contributed by atoms with Crippen molar-refractivity contribution in [2.75, 3.05) is 6.61 Å². The first-order valence-corrected chi connectivity index (χ1v) is 8.33. The van der Waals surface area contributed by atoms with E-state index in [0.717, 1.165) is 31.3 Å². The summed E-state index contributed by atoms with van der Waals surface area (Å²) in [5.74, 6) is -0.124. The molecule has 3 aliphatic rings. The molecule has 2 atom stereocenters. The molecule has 2 aliphatic carbocycles. The number of rotatable bonds is 3. The average molecular weight is 310 g/mol. The molecular weight excluding hydrogens is 288 g/mol. The quantitative estimate of drug-likeness (QED) is 0.615. The maximum atomic E-state index is 12.1. The van der Waals surface area contributed by atoms with E-state index in [4.69, 9.17) is 9.15 Å². The van der Waals surface area contributed by atoms with Gasteiger partial charge in [0, 0.05) is 11.0 Å². The smallest absolute Gasteiger partial charge is 0.334 e. The van der Waals surface area contributed by atoms with Crippen LogP contribution in [0, 0.1) is 10.8 Å². The van der Waals surface area contributed by atoms with Crippen LogP contribution in [0.1, 0.15) is 38.7 Å². The third-order valence-corrected chi connectivity index (χ3v) is 6.06. The van der Waals surface area contributed by atoms with Gasteiger partial charge < -0.3 is 9.15 Å². The summed E-state index contributed by atoms with van der Waals surface area (Å²) >= 11 is 0. The molecule has 23 heavy (non-hydrogen) atoms. The largest absolute Gasteiger partial charge is 0.472 e. The molecule has 1 aliphatic heterocycles. The Morgan fingerprint density at radius 1 is 1.26 bits per heavy atom. The van der Waals surface area contributed by atoms with Gasteiger partial charge in [0.25, 0.3) is 0 Å². The molecule has 1 saturated heterocycles. The van der Waals surface area contributed by atoms with Crippen LogP contribution in [0.4, 0.5) is 0 Å². The first-order chi connectivity index (χ1) is 11.1. The number of aryl methyl sites for hydroxylation is 1. The molecule has 0 radical (unpaired) electrons. The van der Waals surface area contributed by atoms with Crippen LogP contribution < -0.4 is 0 Å². The fourth-order valence-corrected chi connectivity index (χ4v) is 4.49. The lowest BCUT2D eigenvalue weighted by atomic mass is 9.54. The summed E-state index contributed by atoms with van der Waals surface area (Å²) in [4.78, 5) is 12.1. The van der Waals surface area contributed by atoms with E-state index in [1.807, 2.05) is 12.3 Å². The number of ether oxygens (including phenoxy) is 1. The van der Waals surface area contributed by atoms with Crippen molar-refractivity contribution in [1.29, 1.82) is 0 Å². The third-order valence-electron chi connectivity index (χ3n) is 6.06. The van der Waals surface area contributed by atoms with Gasteiger partial charge in [-0.2, -0.15) is 0 Å². The Labute approximate surface area is 136 Å². The van der Waals surface area contributed by atoms with Gasteiger partial charge in [-0.3, -0.25) is 0 Å². The van der Waals surface area contributed by atoms with E-state index in [9.17, 15) is 4.79 Å². The van der Waals surface area contributed by atoms with Crippen LogP contribution in [0.15, 0.2) is 58.0 Å². The molecule has 3 heteroatoms. The molecule has 4 rings (SSSR count). The molecule has 1 spiro atoms. The highest BCUT2D eigenvalue weighted by atomic mass is 16.5. The molecular formula is C20H22O3. The predicted octanol–water partition coefficient (Wildman–Crippen LogP) is 4.37. The lowest BCUT2D eigenvalue weighted by Gasteiger charge is -2.47. The maximum Gasteiger partial charge on any atom is 0.334 e. The molecule has 0 saturated carbocycles. The van der Waals surface area contributed by atoms with E-state index in [0.29, 0.717) is 6.61 Å². The van der Waals surface area contributed by atoms with Crippen LogP contribution in [0.2, 0.25) is 0 Å². The van der Waals surface area contributed by atoms with Gasteiger partial charge in [-0.1, -0.05) is 30.7 Å². The zero-order chi connectivity index (χ0) is 16.1. The Hall–Kier alpha value is -2.03. The zero-order valence-corrected chi connectivity index (χ0v) is 13.7. The van der Waals surface area contributed by atoms with Crippen LogP contribution in [0.25, 0.3) is 0 Å². The van der Waals surface area contributed by atoms with E-state index >= 15 is 0 Å². The van der Waals surface area contributed by atoms with Crippen molar-refractivity contribution in [3.05, 3.63) is 59.1 Å². The highest BCUT2D eigenvalue weighted by Gasteiger charge is 2.55. The van der Waals surface area contributed by atoms with Crippen molar-refractivity contribution < 1.29 is 13.9 Å². The monoisotopic (exact) mass is 310 g/mol. The van der Waals surface area contributed by atoms with Gasteiger partial charge in [-0.25, -0.2) is 4.79 Å². The second-order valence-corrected chi connectivity index (χ2v) is 7.18. The van der Waals surface area contributed by atoms with Crippen molar-refractivity contribution in [3.8, 4) is 0 Å². The van der Waals surface area contributed by atoms with Crippen LogP contribution in [0.3, 0.4) is 0 Å². The molecule has 0 aromatic carbocycles. The minimum absolute atomic E-state index is 0.0248. The fraction of sp³-hybridized carbons (Fsp3) is 0.450. The topological polar surface area (TPSA) is 39.4 Å². The summed E-state index contributed by atoms with van der Waals surface area (Å²) in [6.07, 6.45) is 14.0. The molecule has 0 N–H and O–H groups in total. The number of carbonyl (C=O) groups is 1. The van der Waals surface area contributed by atoms with Crippen LogP contribution in [-0.2, 0) is 16.0 Å². The lowest BCUT2D eigenvalue weighted by Crippen LogP contribution is -2.40. The summed E-state index contributed by atoms with van der Waals surface area (Å²) < 4.78 is 10.6. The van der Waals surface area contributed by atoms with Gasteiger partial charge in [0.2, 0.25) is 0 Å². The molecule has 120 valence electrons. The Balaban J connectivity index is 1.72. The molecule has 0 unspecified atom stereocenters. The minimum atomic E-state index is -0.222. The standard InChI is InChI=1S/C20H22O3/c1-14-6-10-20-13-23-18(21)16(20)4-3-5-17(20)19(14,2)9-7-15-8-11-22-12-15/h4-6,8,11-12H,3,7,9-10,13H2,1-2H3/t19-,20+/m0/s1. The summed E-state index contributed by atoms with van der Waals surface area (Å²) in [7, 11) is 0. The van der Waals surface area contributed by atoms with E-state index in [2.05, 4.69) is 32.1 Å². The van der Waals surface area contributed by atoms with Crippen molar-refractivity contribution in [2.45, 2.75) is 39.5 Å². The summed E-state index contributed by atoms with van der Waals surface area (Å²) in [5, 5.41) is 0. The Morgan fingerprint density at radius 2 is 2.13 bits per heavy atom. The number of allylic oxidation sites excluding steroid dienone is 4. The highest BCUT2D eigenvalue weighted by molar-refractivity contribution is 5.94. The first kappa shape index (κ1) is 14.6. The van der Waals surface area contributed by atoms with Crippen LogP contribution >= 0.6 is 0 Å². The second kappa shape index (κ2) is 4.98. The summed E-state index contributed by atoms with van der Waals surface area (Å²) in [6.45, 7) is 5.03. The van der Waals surface area contributed by atoms with E-state index < -0.39 is 0 Å². The number of furan rings is 1. The van der Waals surface area contributed by atoms with Gasteiger partial charge in [0.1, 0.15) is 6.61 Å². The van der Waals surface area contributed by atoms with Gasteiger partial charge in [-0.05, 0) is 49.8 Å². The van der Waals surface area contributed by atoms with Gasteiger partial charge in [0.05, 0.1) is 17.9 Å². The minimum Gasteiger partial charge on any atom is -0.472 e. The Bertz CT molecular complexity index is 735. The normalized spacial score (nSPS) is 32.4. The van der Waals surface area contributed by atoms with E-state index in [1.165, 1.54) is 16.7 Å². The van der Waals surface area contributed by atoms with Crippen molar-refractivity contribution in [2.24, 2.45) is 10.8 Å². The second-order valence-electron chi connectivity index (χ2n) is 7.18.